The minimum absolute atomic E-state index is 0.201. The van der Waals surface area contributed by atoms with E-state index in [1.807, 2.05) is 13.8 Å². The van der Waals surface area contributed by atoms with E-state index in [0.717, 1.165) is 48.3 Å². The highest BCUT2D eigenvalue weighted by atomic mass is 16.3. The van der Waals surface area contributed by atoms with Gasteiger partial charge in [-0.15, -0.1) is 0 Å². The maximum Gasteiger partial charge on any atom is 0.219 e. The molecule has 4 rings (SSSR count). The number of fused-ring (bicyclic) bond motifs is 5. The normalized spacial score (nSPS) is 44.8. The van der Waals surface area contributed by atoms with E-state index in [0.29, 0.717) is 23.2 Å². The average molecular weight is 446 g/mol. The van der Waals surface area contributed by atoms with Gasteiger partial charge >= 0.3 is 0 Å². The summed E-state index contributed by atoms with van der Waals surface area (Å²) in [7, 11) is 1.76. The largest absolute Gasteiger partial charge is 0.390 e. The molecule has 9 atom stereocenters. The molecule has 32 heavy (non-hydrogen) atoms. The van der Waals surface area contributed by atoms with Gasteiger partial charge in [-0.2, -0.15) is 0 Å². The van der Waals surface area contributed by atoms with Gasteiger partial charge in [-0.1, -0.05) is 20.8 Å². The van der Waals surface area contributed by atoms with Crippen molar-refractivity contribution < 1.29 is 9.90 Å². The molecule has 0 spiro atoms. The summed E-state index contributed by atoms with van der Waals surface area (Å²) in [4.78, 5) is 11.8. The Labute approximate surface area is 197 Å². The molecule has 0 unspecified atom stereocenters. The van der Waals surface area contributed by atoms with E-state index in [-0.39, 0.29) is 5.91 Å². The quantitative estimate of drug-likeness (QED) is 0.485. The van der Waals surface area contributed by atoms with Crippen LogP contribution in [0, 0.1) is 52.3 Å². The number of nitrogens with one attached hydrogen (secondary N) is 1. The summed E-state index contributed by atoms with van der Waals surface area (Å²) < 4.78 is 0. The first-order chi connectivity index (χ1) is 15.0. The minimum Gasteiger partial charge on any atom is -0.390 e. The van der Waals surface area contributed by atoms with Gasteiger partial charge in [-0.25, -0.2) is 0 Å². The number of hydrogen-bond acceptors (Lipinski definition) is 2. The van der Waals surface area contributed by atoms with E-state index in [2.05, 4.69) is 26.1 Å². The van der Waals surface area contributed by atoms with Gasteiger partial charge in [-0.05, 0) is 137 Å². The van der Waals surface area contributed by atoms with Crippen LogP contribution in [0.4, 0.5) is 0 Å². The molecule has 0 heterocycles. The topological polar surface area (TPSA) is 49.3 Å². The van der Waals surface area contributed by atoms with E-state index in [1.54, 1.807) is 7.05 Å². The predicted molar refractivity (Wildman–Crippen MR) is 132 cm³/mol. The molecule has 4 saturated carbocycles. The fourth-order valence-electron chi connectivity index (χ4n) is 9.90. The van der Waals surface area contributed by atoms with Gasteiger partial charge in [-0.3, -0.25) is 4.79 Å². The van der Waals surface area contributed by atoms with Crippen molar-refractivity contribution in [2.24, 2.45) is 52.3 Å². The Bertz CT molecular complexity index is 683. The monoisotopic (exact) mass is 445 g/mol. The fourth-order valence-corrected chi connectivity index (χ4v) is 9.90. The molecule has 4 fully saturated rings. The smallest absolute Gasteiger partial charge is 0.219 e. The van der Waals surface area contributed by atoms with Crippen LogP contribution in [0.2, 0.25) is 0 Å². The van der Waals surface area contributed by atoms with E-state index >= 15 is 0 Å². The van der Waals surface area contributed by atoms with Gasteiger partial charge in [0.25, 0.3) is 0 Å². The Balaban J connectivity index is 1.44. The second-order valence-electron chi connectivity index (χ2n) is 13.7. The second kappa shape index (κ2) is 8.90. The van der Waals surface area contributed by atoms with Crippen molar-refractivity contribution >= 4 is 5.91 Å². The Kier molecular flexibility index (Phi) is 6.83. The van der Waals surface area contributed by atoms with Crippen molar-refractivity contribution in [1.29, 1.82) is 0 Å². The second-order valence-corrected chi connectivity index (χ2v) is 13.7. The summed E-state index contributed by atoms with van der Waals surface area (Å²) in [6.45, 7) is 11.7. The molecule has 2 N–H and O–H groups in total. The summed E-state index contributed by atoms with van der Waals surface area (Å²) in [5.74, 6) is 5.99. The molecule has 4 aliphatic rings. The van der Waals surface area contributed by atoms with Gasteiger partial charge in [0, 0.05) is 13.5 Å². The maximum absolute atomic E-state index is 11.8. The van der Waals surface area contributed by atoms with Crippen molar-refractivity contribution in [1.82, 2.24) is 5.32 Å². The van der Waals surface area contributed by atoms with Gasteiger partial charge in [0.2, 0.25) is 5.91 Å². The molecule has 3 heteroatoms. The van der Waals surface area contributed by atoms with Crippen LogP contribution < -0.4 is 5.32 Å². The molecular weight excluding hydrogens is 394 g/mol. The molecule has 0 aliphatic heterocycles. The zero-order chi connectivity index (χ0) is 23.3. The lowest BCUT2D eigenvalue weighted by molar-refractivity contribution is -0.126. The third kappa shape index (κ3) is 4.41. The molecule has 184 valence electrons. The van der Waals surface area contributed by atoms with E-state index < -0.39 is 5.60 Å². The highest BCUT2D eigenvalue weighted by molar-refractivity contribution is 5.75. The van der Waals surface area contributed by atoms with E-state index in [9.17, 15) is 9.90 Å². The molecule has 0 aromatic rings. The minimum atomic E-state index is -0.518. The lowest BCUT2D eigenvalue weighted by Gasteiger charge is -2.61. The highest BCUT2D eigenvalue weighted by Gasteiger charge is 2.60. The molecule has 0 bridgehead atoms. The molecule has 0 saturated heterocycles. The van der Waals surface area contributed by atoms with Crippen LogP contribution >= 0.6 is 0 Å². The first-order valence-corrected chi connectivity index (χ1v) is 13.9. The van der Waals surface area contributed by atoms with E-state index in [1.165, 1.54) is 57.8 Å². The molecule has 0 aromatic heterocycles. The van der Waals surface area contributed by atoms with Crippen LogP contribution in [0.15, 0.2) is 0 Å². The SMILES string of the molecule is CNC(=O)CC[C@@H](C)[C@H]1CC[C@H]2[C@@H]3CC[C@@H]4C[C@H](CC(C)(C)O)CC[C@]4(C)[C@H]3CC[C@]12C. The number of carbonyl (C=O) groups excluding carboxylic acids is 1. The van der Waals surface area contributed by atoms with Crippen molar-refractivity contribution in [3.05, 3.63) is 0 Å². The number of amides is 1. The molecule has 0 aromatic carbocycles. The van der Waals surface area contributed by atoms with Crippen LogP contribution in [0.5, 0.6) is 0 Å². The standard InChI is InChI=1S/C29H51NO2/c1-19(7-12-26(31)30-6)23-10-11-24-22-9-8-21-17-20(18-27(2,3)32)13-15-28(21,4)25(22)14-16-29(23,24)5/h19-25,32H,7-18H2,1-6H3,(H,30,31)/t19-,20-,21-,22+,23-,24+,25+,28+,29-/m1/s1. The van der Waals surface area contributed by atoms with Crippen LogP contribution in [0.3, 0.4) is 0 Å². The molecule has 1 amide bonds. The number of hydrogen-bond donors (Lipinski definition) is 2. The highest BCUT2D eigenvalue weighted by Crippen LogP contribution is 2.68. The van der Waals surface area contributed by atoms with E-state index in [4.69, 9.17) is 0 Å². The number of rotatable bonds is 6. The summed E-state index contributed by atoms with van der Waals surface area (Å²) in [6, 6.07) is 0. The third-order valence-corrected chi connectivity index (χ3v) is 11.4. The zero-order valence-electron chi connectivity index (χ0n) is 21.9. The predicted octanol–water partition coefficient (Wildman–Crippen LogP) is 6.58. The van der Waals surface area contributed by atoms with Crippen molar-refractivity contribution in [2.45, 2.75) is 117 Å². The van der Waals surface area contributed by atoms with Crippen molar-refractivity contribution in [2.75, 3.05) is 7.05 Å². The third-order valence-electron chi connectivity index (χ3n) is 11.4. The van der Waals surface area contributed by atoms with Crippen LogP contribution in [-0.2, 0) is 4.79 Å². The maximum atomic E-state index is 11.8. The summed E-state index contributed by atoms with van der Waals surface area (Å²) in [6.07, 6.45) is 15.3. The molecule has 3 nitrogen and oxygen atoms in total. The van der Waals surface area contributed by atoms with Crippen LogP contribution in [-0.4, -0.2) is 23.7 Å². The first kappa shape index (κ1) is 24.6. The summed E-state index contributed by atoms with van der Waals surface area (Å²) >= 11 is 0. The molecule has 4 aliphatic carbocycles. The summed E-state index contributed by atoms with van der Waals surface area (Å²) in [5.41, 5.74) is 0.503. The lowest BCUT2D eigenvalue weighted by atomic mass is 9.43. The first-order valence-electron chi connectivity index (χ1n) is 13.9. The van der Waals surface area contributed by atoms with Gasteiger partial charge in [0.05, 0.1) is 5.60 Å². The van der Waals surface area contributed by atoms with Crippen molar-refractivity contribution in [3.8, 4) is 0 Å². The Hall–Kier alpha value is -0.570. The Morgan fingerprint density at radius 2 is 1.72 bits per heavy atom. The summed E-state index contributed by atoms with van der Waals surface area (Å²) in [5, 5.41) is 13.2. The van der Waals surface area contributed by atoms with Gasteiger partial charge in [0.15, 0.2) is 0 Å². The number of carbonyl (C=O) groups is 1. The van der Waals surface area contributed by atoms with Crippen molar-refractivity contribution in [3.63, 3.8) is 0 Å². The van der Waals surface area contributed by atoms with Gasteiger partial charge in [0.1, 0.15) is 0 Å². The molecule has 0 radical (unpaired) electrons. The number of aliphatic hydroxyl groups is 1. The molecular formula is C29H51NO2. The lowest BCUT2D eigenvalue weighted by Crippen LogP contribution is -2.54. The fraction of sp³-hybridized carbons (Fsp3) is 0.966. The zero-order valence-corrected chi connectivity index (χ0v) is 21.9. The van der Waals surface area contributed by atoms with Crippen LogP contribution in [0.1, 0.15) is 112 Å². The average Bonchev–Trinajstić information content (AvgIpc) is 3.08. The van der Waals surface area contributed by atoms with Gasteiger partial charge < -0.3 is 10.4 Å². The Morgan fingerprint density at radius 1 is 1.03 bits per heavy atom. The Morgan fingerprint density at radius 3 is 2.41 bits per heavy atom. The van der Waals surface area contributed by atoms with Crippen LogP contribution in [0.25, 0.3) is 0 Å².